The van der Waals surface area contributed by atoms with Gasteiger partial charge in [-0.25, -0.2) is 0 Å². The van der Waals surface area contributed by atoms with Gasteiger partial charge in [-0.15, -0.1) is 0 Å². The topological polar surface area (TPSA) is 15.8 Å². The van der Waals surface area contributed by atoms with E-state index in [-0.39, 0.29) is 0 Å². The third-order valence-corrected chi connectivity index (χ3v) is 3.10. The Morgan fingerprint density at radius 3 is 2.86 bits per heavy atom. The number of nitrogens with zero attached hydrogens (tertiary/aromatic N) is 1. The van der Waals surface area contributed by atoms with E-state index < -0.39 is 0 Å². The Morgan fingerprint density at radius 2 is 2.07 bits per heavy atom. The van der Waals surface area contributed by atoms with Crippen LogP contribution in [0.15, 0.2) is 30.3 Å². The van der Waals surface area contributed by atoms with Gasteiger partial charge in [0.2, 0.25) is 0 Å². The number of rotatable bonds is 2. The van der Waals surface area contributed by atoms with Crippen molar-refractivity contribution < 1.29 is 4.74 Å². The summed E-state index contributed by atoms with van der Waals surface area (Å²) < 4.78 is 5.50. The third-order valence-electron chi connectivity index (χ3n) is 3.10. The molecular formula is C12H15NO. The number of hydrogen-bond acceptors (Lipinski definition) is 2. The molecule has 2 nitrogen and oxygen atoms in total. The summed E-state index contributed by atoms with van der Waals surface area (Å²) in [5.41, 5.74) is 1.41. The van der Waals surface area contributed by atoms with Gasteiger partial charge in [0.1, 0.15) is 0 Å². The second kappa shape index (κ2) is 3.37. The maximum Gasteiger partial charge on any atom is 0.0969 e. The summed E-state index contributed by atoms with van der Waals surface area (Å²) in [5.74, 6) is 0. The zero-order valence-electron chi connectivity index (χ0n) is 8.23. The van der Waals surface area contributed by atoms with Crippen LogP contribution in [-0.2, 0) is 11.3 Å². The summed E-state index contributed by atoms with van der Waals surface area (Å²) in [6.45, 7) is 3.39. The first kappa shape index (κ1) is 8.45. The molecule has 2 heteroatoms. The molecule has 3 rings (SSSR count). The lowest BCUT2D eigenvalue weighted by Crippen LogP contribution is -2.33. The first-order chi connectivity index (χ1) is 6.92. The fraction of sp³-hybridized carbons (Fsp3) is 0.500. The lowest BCUT2D eigenvalue weighted by molar-refractivity contribution is 0.237. The van der Waals surface area contributed by atoms with Crippen molar-refractivity contribution in [1.29, 1.82) is 0 Å². The molecule has 0 aromatic heterocycles. The molecule has 0 saturated carbocycles. The average Bonchev–Trinajstić information content (AvgIpc) is 2.97. The van der Waals surface area contributed by atoms with Gasteiger partial charge < -0.3 is 4.74 Å². The van der Waals surface area contributed by atoms with Crippen LogP contribution in [0.1, 0.15) is 12.0 Å². The Kier molecular flexibility index (Phi) is 2.03. The van der Waals surface area contributed by atoms with Gasteiger partial charge in [0.25, 0.3) is 0 Å². The van der Waals surface area contributed by atoms with Crippen molar-refractivity contribution in [1.82, 2.24) is 4.90 Å². The van der Waals surface area contributed by atoms with Gasteiger partial charge in [-0.2, -0.15) is 0 Å². The standard InChI is InChI=1S/C12H15NO/c1-2-4-10(5-3-1)8-13-7-6-11-12(9-13)14-11/h1-5,11-12H,6-9H2/t11-,12+/m0/s1. The van der Waals surface area contributed by atoms with E-state index in [0.29, 0.717) is 12.2 Å². The van der Waals surface area contributed by atoms with E-state index >= 15 is 0 Å². The normalized spacial score (nSPS) is 31.1. The molecule has 0 spiro atoms. The average molecular weight is 189 g/mol. The molecule has 0 amide bonds. The van der Waals surface area contributed by atoms with E-state index in [2.05, 4.69) is 35.2 Å². The van der Waals surface area contributed by atoms with Crippen molar-refractivity contribution in [3.8, 4) is 0 Å². The third kappa shape index (κ3) is 1.68. The van der Waals surface area contributed by atoms with E-state index in [4.69, 9.17) is 4.74 Å². The minimum Gasteiger partial charge on any atom is -0.368 e. The molecule has 2 aliphatic rings. The second-order valence-corrected chi connectivity index (χ2v) is 4.22. The van der Waals surface area contributed by atoms with Crippen LogP contribution < -0.4 is 0 Å². The van der Waals surface area contributed by atoms with Crippen LogP contribution in [-0.4, -0.2) is 30.2 Å². The van der Waals surface area contributed by atoms with Crippen LogP contribution in [0, 0.1) is 0 Å². The quantitative estimate of drug-likeness (QED) is 0.658. The number of benzene rings is 1. The smallest absolute Gasteiger partial charge is 0.0969 e. The highest BCUT2D eigenvalue weighted by molar-refractivity contribution is 5.14. The Labute approximate surface area is 84.5 Å². The van der Waals surface area contributed by atoms with Crippen molar-refractivity contribution in [2.45, 2.75) is 25.2 Å². The fourth-order valence-electron chi connectivity index (χ4n) is 2.23. The van der Waals surface area contributed by atoms with Crippen molar-refractivity contribution >= 4 is 0 Å². The summed E-state index contributed by atoms with van der Waals surface area (Å²) in [4.78, 5) is 2.49. The SMILES string of the molecule is c1ccc(CN2CC[C@@H]3O[C@@H]3C2)cc1. The van der Waals surface area contributed by atoms with Crippen LogP contribution in [0.5, 0.6) is 0 Å². The van der Waals surface area contributed by atoms with Crippen molar-refractivity contribution in [2.75, 3.05) is 13.1 Å². The molecular weight excluding hydrogens is 174 g/mol. The lowest BCUT2D eigenvalue weighted by Gasteiger charge is -2.23. The Bertz CT molecular complexity index is 311. The molecule has 14 heavy (non-hydrogen) atoms. The van der Waals surface area contributed by atoms with E-state index in [0.717, 1.165) is 13.1 Å². The van der Waals surface area contributed by atoms with E-state index in [9.17, 15) is 0 Å². The van der Waals surface area contributed by atoms with E-state index in [1.807, 2.05) is 0 Å². The molecule has 1 aromatic rings. The molecule has 0 unspecified atom stereocenters. The summed E-state index contributed by atoms with van der Waals surface area (Å²) in [6, 6.07) is 10.7. The van der Waals surface area contributed by atoms with Gasteiger partial charge >= 0.3 is 0 Å². The summed E-state index contributed by atoms with van der Waals surface area (Å²) >= 11 is 0. The monoisotopic (exact) mass is 189 g/mol. The molecule has 2 atom stereocenters. The summed E-state index contributed by atoms with van der Waals surface area (Å²) in [5, 5.41) is 0. The fourth-order valence-corrected chi connectivity index (χ4v) is 2.23. The van der Waals surface area contributed by atoms with Gasteiger partial charge in [-0.3, -0.25) is 4.90 Å². The molecule has 0 radical (unpaired) electrons. The van der Waals surface area contributed by atoms with Crippen LogP contribution in [0.4, 0.5) is 0 Å². The molecule has 2 aliphatic heterocycles. The molecule has 2 fully saturated rings. The zero-order valence-corrected chi connectivity index (χ0v) is 8.23. The van der Waals surface area contributed by atoms with E-state index in [1.54, 1.807) is 0 Å². The number of fused-ring (bicyclic) bond motifs is 1. The highest BCUT2D eigenvalue weighted by atomic mass is 16.6. The maximum absolute atomic E-state index is 5.50. The van der Waals surface area contributed by atoms with Gasteiger partial charge in [-0.1, -0.05) is 30.3 Å². The highest BCUT2D eigenvalue weighted by Gasteiger charge is 2.42. The van der Waals surface area contributed by atoms with Crippen LogP contribution in [0.2, 0.25) is 0 Å². The van der Waals surface area contributed by atoms with Crippen molar-refractivity contribution in [2.24, 2.45) is 0 Å². The summed E-state index contributed by atoms with van der Waals surface area (Å²) in [6.07, 6.45) is 2.37. The van der Waals surface area contributed by atoms with Crippen LogP contribution in [0.3, 0.4) is 0 Å². The molecule has 0 bridgehead atoms. The highest BCUT2D eigenvalue weighted by Crippen LogP contribution is 2.31. The largest absolute Gasteiger partial charge is 0.368 e. The summed E-state index contributed by atoms with van der Waals surface area (Å²) in [7, 11) is 0. The van der Waals surface area contributed by atoms with Gasteiger partial charge in [0, 0.05) is 19.6 Å². The molecule has 1 aromatic carbocycles. The van der Waals surface area contributed by atoms with Crippen LogP contribution in [0.25, 0.3) is 0 Å². The van der Waals surface area contributed by atoms with Gasteiger partial charge in [-0.05, 0) is 12.0 Å². The molecule has 2 heterocycles. The van der Waals surface area contributed by atoms with Gasteiger partial charge in [0.05, 0.1) is 12.2 Å². The van der Waals surface area contributed by atoms with E-state index in [1.165, 1.54) is 18.5 Å². The first-order valence-corrected chi connectivity index (χ1v) is 5.33. The van der Waals surface area contributed by atoms with Crippen LogP contribution >= 0.6 is 0 Å². The second-order valence-electron chi connectivity index (χ2n) is 4.22. The minimum atomic E-state index is 0.549. The predicted octanol–water partition coefficient (Wildman–Crippen LogP) is 1.66. The molecule has 2 saturated heterocycles. The number of epoxide rings is 1. The minimum absolute atomic E-state index is 0.549. The molecule has 74 valence electrons. The van der Waals surface area contributed by atoms with Gasteiger partial charge in [0.15, 0.2) is 0 Å². The molecule has 0 aliphatic carbocycles. The first-order valence-electron chi connectivity index (χ1n) is 5.33. The zero-order chi connectivity index (χ0) is 9.38. The predicted molar refractivity (Wildman–Crippen MR) is 55.0 cm³/mol. The Morgan fingerprint density at radius 1 is 1.21 bits per heavy atom. The maximum atomic E-state index is 5.50. The number of hydrogen-bond donors (Lipinski definition) is 0. The Balaban J connectivity index is 1.61. The van der Waals surface area contributed by atoms with Crippen molar-refractivity contribution in [3.05, 3.63) is 35.9 Å². The lowest BCUT2D eigenvalue weighted by atomic mass is 10.1. The number of ether oxygens (including phenoxy) is 1. The number of piperidine rings is 1. The Hall–Kier alpha value is -0.860. The van der Waals surface area contributed by atoms with Crippen molar-refractivity contribution in [3.63, 3.8) is 0 Å². The molecule has 0 N–H and O–H groups in total. The number of likely N-dealkylation sites (tertiary alicyclic amines) is 1.